The first-order valence-corrected chi connectivity index (χ1v) is 7.01. The largest absolute Gasteiger partial charge is 0.383 e. The number of rotatable bonds is 3. The molecule has 1 saturated carbocycles. The fourth-order valence-electron chi connectivity index (χ4n) is 2.44. The van der Waals surface area contributed by atoms with Crippen LogP contribution in [-0.4, -0.2) is 17.0 Å². The van der Waals surface area contributed by atoms with Gasteiger partial charge < -0.3 is 10.6 Å². The molecule has 0 aliphatic heterocycles. The number of hydrogen-bond acceptors (Lipinski definition) is 4. The van der Waals surface area contributed by atoms with Crippen LogP contribution in [0.5, 0.6) is 0 Å². The van der Waals surface area contributed by atoms with Gasteiger partial charge in [0.25, 0.3) is 0 Å². The maximum atomic E-state index is 6.06. The highest BCUT2D eigenvalue weighted by Crippen LogP contribution is 2.40. The van der Waals surface area contributed by atoms with Crippen molar-refractivity contribution in [2.24, 2.45) is 0 Å². The highest BCUT2D eigenvalue weighted by molar-refractivity contribution is 5.68. The highest BCUT2D eigenvalue weighted by atomic mass is 15.2. The Kier molecular flexibility index (Phi) is 3.08. The van der Waals surface area contributed by atoms with Crippen LogP contribution in [0.4, 0.5) is 17.3 Å². The van der Waals surface area contributed by atoms with E-state index in [9.17, 15) is 0 Å². The number of benzene rings is 1. The zero-order valence-corrected chi connectivity index (χ0v) is 12.2. The lowest BCUT2D eigenvalue weighted by Gasteiger charge is -2.23. The van der Waals surface area contributed by atoms with E-state index in [0.717, 1.165) is 22.9 Å². The first-order chi connectivity index (χ1) is 9.58. The van der Waals surface area contributed by atoms with Crippen molar-refractivity contribution in [2.75, 3.05) is 17.7 Å². The summed E-state index contributed by atoms with van der Waals surface area (Å²) in [4.78, 5) is 11.3. The van der Waals surface area contributed by atoms with E-state index in [0.29, 0.717) is 11.7 Å². The molecule has 0 amide bonds. The summed E-state index contributed by atoms with van der Waals surface area (Å²) in [6.45, 7) is 4.09. The molecule has 1 aromatic heterocycles. The average Bonchev–Trinajstić information content (AvgIpc) is 3.26. The first kappa shape index (κ1) is 12.9. The SMILES string of the molecule is Cc1ccccc1N(C)c1nc(C2CC2)nc(N)c1C. The van der Waals surface area contributed by atoms with E-state index in [1.54, 1.807) is 0 Å². The van der Waals surface area contributed by atoms with Crippen molar-refractivity contribution in [3.05, 3.63) is 41.2 Å². The third-order valence-electron chi connectivity index (χ3n) is 3.91. The Morgan fingerprint density at radius 3 is 2.50 bits per heavy atom. The van der Waals surface area contributed by atoms with E-state index in [4.69, 9.17) is 10.7 Å². The topological polar surface area (TPSA) is 55.0 Å². The van der Waals surface area contributed by atoms with Gasteiger partial charge in [-0.1, -0.05) is 18.2 Å². The van der Waals surface area contributed by atoms with Crippen molar-refractivity contribution in [3.8, 4) is 0 Å². The monoisotopic (exact) mass is 268 g/mol. The van der Waals surface area contributed by atoms with Crippen molar-refractivity contribution in [2.45, 2.75) is 32.6 Å². The second-order valence-corrected chi connectivity index (χ2v) is 5.54. The molecule has 0 unspecified atom stereocenters. The summed E-state index contributed by atoms with van der Waals surface area (Å²) in [7, 11) is 2.04. The number of nitrogen functional groups attached to an aromatic ring is 1. The highest BCUT2D eigenvalue weighted by Gasteiger charge is 2.28. The number of aromatic nitrogens is 2. The fraction of sp³-hybridized carbons (Fsp3) is 0.375. The Bertz CT molecular complexity index is 647. The molecule has 2 N–H and O–H groups in total. The summed E-state index contributed by atoms with van der Waals surface area (Å²) in [6, 6.07) is 8.29. The Balaban J connectivity index is 2.06. The minimum Gasteiger partial charge on any atom is -0.383 e. The molecule has 1 aromatic carbocycles. The minimum atomic E-state index is 0.502. The number of nitrogens with zero attached hydrogens (tertiary/aromatic N) is 3. The molecule has 0 saturated heterocycles. The van der Waals surface area contributed by atoms with Gasteiger partial charge in [0, 0.05) is 24.2 Å². The van der Waals surface area contributed by atoms with Crippen LogP contribution in [0.1, 0.15) is 35.7 Å². The molecule has 1 fully saturated rings. The lowest BCUT2D eigenvalue weighted by Crippen LogP contribution is -2.16. The van der Waals surface area contributed by atoms with Gasteiger partial charge in [-0.2, -0.15) is 0 Å². The molecular formula is C16H20N4. The quantitative estimate of drug-likeness (QED) is 0.927. The Hall–Kier alpha value is -2.10. The Morgan fingerprint density at radius 1 is 1.15 bits per heavy atom. The zero-order valence-electron chi connectivity index (χ0n) is 12.2. The zero-order chi connectivity index (χ0) is 14.3. The number of hydrogen-bond donors (Lipinski definition) is 1. The molecule has 1 aliphatic carbocycles. The maximum Gasteiger partial charge on any atom is 0.141 e. The molecule has 104 valence electrons. The minimum absolute atomic E-state index is 0.502. The van der Waals surface area contributed by atoms with E-state index in [1.165, 1.54) is 18.4 Å². The third kappa shape index (κ3) is 2.22. The maximum absolute atomic E-state index is 6.06. The predicted molar refractivity (Wildman–Crippen MR) is 82.4 cm³/mol. The van der Waals surface area contributed by atoms with Crippen LogP contribution in [0.3, 0.4) is 0 Å². The normalized spacial score (nSPS) is 14.3. The van der Waals surface area contributed by atoms with E-state index in [2.05, 4.69) is 28.9 Å². The summed E-state index contributed by atoms with van der Waals surface area (Å²) < 4.78 is 0. The molecule has 3 rings (SSSR count). The molecule has 2 aromatic rings. The molecule has 4 nitrogen and oxygen atoms in total. The summed E-state index contributed by atoms with van der Waals surface area (Å²) in [5, 5.41) is 0. The van der Waals surface area contributed by atoms with Crippen LogP contribution < -0.4 is 10.6 Å². The first-order valence-electron chi connectivity index (χ1n) is 7.01. The standard InChI is InChI=1S/C16H20N4/c1-10-6-4-5-7-13(10)20(3)16-11(2)14(17)18-15(19-16)12-8-9-12/h4-7,12H,8-9H2,1-3H3,(H2,17,18,19). The summed E-state index contributed by atoms with van der Waals surface area (Å²) in [6.07, 6.45) is 2.35. The molecule has 1 aliphatic rings. The fourth-order valence-corrected chi connectivity index (χ4v) is 2.44. The number of aryl methyl sites for hydroxylation is 1. The summed E-state index contributed by atoms with van der Waals surface area (Å²) in [5.74, 6) is 2.90. The smallest absolute Gasteiger partial charge is 0.141 e. The summed E-state index contributed by atoms with van der Waals surface area (Å²) in [5.41, 5.74) is 9.38. The van der Waals surface area contributed by atoms with Crippen LogP contribution in [-0.2, 0) is 0 Å². The van der Waals surface area contributed by atoms with Crippen molar-refractivity contribution in [1.29, 1.82) is 0 Å². The van der Waals surface area contributed by atoms with Gasteiger partial charge in [-0.3, -0.25) is 0 Å². The molecule has 0 atom stereocenters. The van der Waals surface area contributed by atoms with Gasteiger partial charge in [-0.05, 0) is 38.3 Å². The van der Waals surface area contributed by atoms with Crippen molar-refractivity contribution >= 4 is 17.3 Å². The lowest BCUT2D eigenvalue weighted by molar-refractivity contribution is 0.909. The van der Waals surface area contributed by atoms with E-state index in [1.807, 2.05) is 26.1 Å². The second kappa shape index (κ2) is 4.78. The van der Waals surface area contributed by atoms with E-state index >= 15 is 0 Å². The van der Waals surface area contributed by atoms with Gasteiger partial charge in [-0.25, -0.2) is 9.97 Å². The molecule has 0 radical (unpaired) electrons. The molecule has 4 heteroatoms. The molecule has 0 bridgehead atoms. The Labute approximate surface area is 119 Å². The molecule has 0 spiro atoms. The Morgan fingerprint density at radius 2 is 1.85 bits per heavy atom. The average molecular weight is 268 g/mol. The van der Waals surface area contributed by atoms with Gasteiger partial charge in [0.2, 0.25) is 0 Å². The van der Waals surface area contributed by atoms with Gasteiger partial charge in [0.05, 0.1) is 0 Å². The summed E-state index contributed by atoms with van der Waals surface area (Å²) >= 11 is 0. The van der Waals surface area contributed by atoms with Gasteiger partial charge in [0.15, 0.2) is 0 Å². The van der Waals surface area contributed by atoms with Gasteiger partial charge in [-0.15, -0.1) is 0 Å². The van der Waals surface area contributed by atoms with Crippen LogP contribution in [0, 0.1) is 13.8 Å². The lowest BCUT2D eigenvalue weighted by atomic mass is 10.1. The van der Waals surface area contributed by atoms with Crippen LogP contribution >= 0.6 is 0 Å². The van der Waals surface area contributed by atoms with E-state index in [-0.39, 0.29) is 0 Å². The number of nitrogens with two attached hydrogens (primary N) is 1. The van der Waals surface area contributed by atoms with Crippen molar-refractivity contribution < 1.29 is 0 Å². The second-order valence-electron chi connectivity index (χ2n) is 5.54. The molecule has 1 heterocycles. The third-order valence-corrected chi connectivity index (χ3v) is 3.91. The van der Waals surface area contributed by atoms with Crippen LogP contribution in [0.25, 0.3) is 0 Å². The van der Waals surface area contributed by atoms with Crippen LogP contribution in [0.2, 0.25) is 0 Å². The van der Waals surface area contributed by atoms with Gasteiger partial charge >= 0.3 is 0 Å². The predicted octanol–water partition coefficient (Wildman–Crippen LogP) is 3.32. The number of anilines is 3. The van der Waals surface area contributed by atoms with E-state index < -0.39 is 0 Å². The number of para-hydroxylation sites is 1. The van der Waals surface area contributed by atoms with Crippen molar-refractivity contribution in [3.63, 3.8) is 0 Å². The van der Waals surface area contributed by atoms with Gasteiger partial charge in [0.1, 0.15) is 17.5 Å². The van der Waals surface area contributed by atoms with Crippen molar-refractivity contribution in [1.82, 2.24) is 9.97 Å². The molecular weight excluding hydrogens is 248 g/mol. The van der Waals surface area contributed by atoms with Crippen LogP contribution in [0.15, 0.2) is 24.3 Å². The molecule has 20 heavy (non-hydrogen) atoms.